The normalized spacial score (nSPS) is 19.3. The average molecular weight is 284 g/mol. The van der Waals surface area contributed by atoms with Crippen molar-refractivity contribution in [2.45, 2.75) is 58.5 Å². The molecule has 1 aromatic heterocycles. The molecule has 0 radical (unpaired) electrons. The summed E-state index contributed by atoms with van der Waals surface area (Å²) in [4.78, 5) is 0. The van der Waals surface area contributed by atoms with Crippen LogP contribution in [0.5, 0.6) is 0 Å². The first-order valence-electron chi connectivity index (χ1n) is 7.90. The number of fused-ring (bicyclic) bond motifs is 1. The maximum absolute atomic E-state index is 10.7. The Bertz CT molecular complexity index is 639. The topological polar surface area (TPSA) is 33.4 Å². The number of furan rings is 1. The first-order valence-corrected chi connectivity index (χ1v) is 7.90. The van der Waals surface area contributed by atoms with Crippen LogP contribution >= 0.6 is 0 Å². The van der Waals surface area contributed by atoms with Crippen LogP contribution in [-0.4, -0.2) is 5.11 Å². The van der Waals surface area contributed by atoms with Crippen LogP contribution in [0.3, 0.4) is 0 Å². The van der Waals surface area contributed by atoms with Crippen LogP contribution < -0.4 is 0 Å². The highest BCUT2D eigenvalue weighted by molar-refractivity contribution is 5.36. The van der Waals surface area contributed by atoms with Crippen molar-refractivity contribution in [2.24, 2.45) is 0 Å². The number of aliphatic hydroxyl groups is 1. The van der Waals surface area contributed by atoms with Gasteiger partial charge in [-0.25, -0.2) is 0 Å². The lowest BCUT2D eigenvalue weighted by molar-refractivity contribution is 0.151. The van der Waals surface area contributed by atoms with Crippen molar-refractivity contribution < 1.29 is 9.52 Å². The number of aliphatic hydroxyl groups excluding tert-OH is 1. The van der Waals surface area contributed by atoms with E-state index in [0.717, 1.165) is 29.1 Å². The molecular formula is C19H24O2. The second kappa shape index (κ2) is 5.69. The zero-order valence-electron chi connectivity index (χ0n) is 13.1. The second-order valence-corrected chi connectivity index (χ2v) is 6.29. The van der Waals surface area contributed by atoms with Crippen LogP contribution in [0.25, 0.3) is 0 Å². The van der Waals surface area contributed by atoms with E-state index in [1.165, 1.54) is 30.4 Å². The fourth-order valence-corrected chi connectivity index (χ4v) is 3.79. The fourth-order valence-electron chi connectivity index (χ4n) is 3.79. The van der Waals surface area contributed by atoms with Gasteiger partial charge < -0.3 is 9.52 Å². The standard InChI is InChI=1S/C19H24O2/c1-12-13(2)21-14(3)19(12)18(20)11-16-9-6-8-15-7-4-5-10-17(15)16/h4-5,7,10,16,18,20H,6,8-9,11H2,1-3H3. The number of aryl methyl sites for hydroxylation is 3. The quantitative estimate of drug-likeness (QED) is 0.882. The SMILES string of the molecule is Cc1oc(C)c(C(O)CC2CCCc3ccccc32)c1C. The summed E-state index contributed by atoms with van der Waals surface area (Å²) in [5.74, 6) is 2.24. The molecule has 1 heterocycles. The van der Waals surface area contributed by atoms with Gasteiger partial charge in [-0.1, -0.05) is 24.3 Å². The van der Waals surface area contributed by atoms with Crippen LogP contribution in [0, 0.1) is 20.8 Å². The summed E-state index contributed by atoms with van der Waals surface area (Å²) >= 11 is 0. The van der Waals surface area contributed by atoms with Crippen LogP contribution in [0.4, 0.5) is 0 Å². The van der Waals surface area contributed by atoms with Crippen molar-refractivity contribution >= 4 is 0 Å². The minimum absolute atomic E-state index is 0.432. The maximum Gasteiger partial charge on any atom is 0.107 e. The van der Waals surface area contributed by atoms with E-state index >= 15 is 0 Å². The van der Waals surface area contributed by atoms with Gasteiger partial charge in [-0.3, -0.25) is 0 Å². The van der Waals surface area contributed by atoms with Crippen LogP contribution in [0.1, 0.15) is 65.1 Å². The Kier molecular flexibility index (Phi) is 3.90. The Morgan fingerprint density at radius 1 is 1.19 bits per heavy atom. The molecule has 1 aliphatic carbocycles. The number of benzene rings is 1. The molecular weight excluding hydrogens is 260 g/mol. The average Bonchev–Trinajstić information content (AvgIpc) is 2.72. The smallest absolute Gasteiger partial charge is 0.107 e. The fraction of sp³-hybridized carbons (Fsp3) is 0.474. The molecule has 1 N–H and O–H groups in total. The number of rotatable bonds is 3. The minimum atomic E-state index is -0.432. The second-order valence-electron chi connectivity index (χ2n) is 6.29. The highest BCUT2D eigenvalue weighted by atomic mass is 16.3. The van der Waals surface area contributed by atoms with E-state index in [0.29, 0.717) is 5.92 Å². The van der Waals surface area contributed by atoms with E-state index < -0.39 is 6.10 Å². The number of hydrogen-bond donors (Lipinski definition) is 1. The molecule has 112 valence electrons. The van der Waals surface area contributed by atoms with Gasteiger partial charge in [-0.05, 0) is 69.1 Å². The molecule has 0 bridgehead atoms. The summed E-state index contributed by atoms with van der Waals surface area (Å²) in [5, 5.41) is 10.7. The first kappa shape index (κ1) is 14.4. The van der Waals surface area contributed by atoms with Crippen LogP contribution in [-0.2, 0) is 6.42 Å². The zero-order chi connectivity index (χ0) is 15.0. The van der Waals surface area contributed by atoms with Crippen molar-refractivity contribution in [1.82, 2.24) is 0 Å². The highest BCUT2D eigenvalue weighted by Gasteiger charge is 2.26. The van der Waals surface area contributed by atoms with E-state index in [9.17, 15) is 5.11 Å². The molecule has 0 amide bonds. The largest absolute Gasteiger partial charge is 0.466 e. The van der Waals surface area contributed by atoms with E-state index in [-0.39, 0.29) is 0 Å². The zero-order valence-corrected chi connectivity index (χ0v) is 13.1. The third-order valence-electron chi connectivity index (χ3n) is 4.95. The Labute approximate surface area is 126 Å². The Balaban J connectivity index is 1.84. The molecule has 2 unspecified atom stereocenters. The Hall–Kier alpha value is -1.54. The lowest BCUT2D eigenvalue weighted by Gasteiger charge is -2.27. The summed E-state index contributed by atoms with van der Waals surface area (Å²) < 4.78 is 5.67. The molecule has 0 aliphatic heterocycles. The van der Waals surface area contributed by atoms with Gasteiger partial charge in [0, 0.05) is 5.56 Å². The van der Waals surface area contributed by atoms with Gasteiger partial charge in [0.2, 0.25) is 0 Å². The molecule has 0 saturated heterocycles. The van der Waals surface area contributed by atoms with Crippen molar-refractivity contribution in [3.8, 4) is 0 Å². The molecule has 2 heteroatoms. The van der Waals surface area contributed by atoms with Gasteiger partial charge in [-0.2, -0.15) is 0 Å². The Morgan fingerprint density at radius 3 is 2.67 bits per heavy atom. The molecule has 1 aliphatic rings. The summed E-state index contributed by atoms with van der Waals surface area (Å²) in [5.41, 5.74) is 4.98. The predicted octanol–water partition coefficient (Wildman–Crippen LogP) is 4.75. The van der Waals surface area contributed by atoms with Gasteiger partial charge >= 0.3 is 0 Å². The monoisotopic (exact) mass is 284 g/mol. The third-order valence-corrected chi connectivity index (χ3v) is 4.95. The third kappa shape index (κ3) is 2.65. The molecule has 0 fully saturated rings. The predicted molar refractivity (Wildman–Crippen MR) is 84.6 cm³/mol. The van der Waals surface area contributed by atoms with Crippen molar-refractivity contribution in [1.29, 1.82) is 0 Å². The van der Waals surface area contributed by atoms with Gasteiger partial charge in [0.1, 0.15) is 11.5 Å². The van der Waals surface area contributed by atoms with Gasteiger partial charge in [-0.15, -0.1) is 0 Å². The Morgan fingerprint density at radius 2 is 1.95 bits per heavy atom. The highest BCUT2D eigenvalue weighted by Crippen LogP contribution is 2.39. The van der Waals surface area contributed by atoms with Gasteiger partial charge in [0.05, 0.1) is 6.10 Å². The molecule has 0 saturated carbocycles. The van der Waals surface area contributed by atoms with Crippen molar-refractivity contribution in [3.05, 3.63) is 58.0 Å². The van der Waals surface area contributed by atoms with Crippen LogP contribution in [0.15, 0.2) is 28.7 Å². The lowest BCUT2D eigenvalue weighted by Crippen LogP contribution is -2.13. The van der Waals surface area contributed by atoms with E-state index in [1.54, 1.807) is 0 Å². The molecule has 2 atom stereocenters. The minimum Gasteiger partial charge on any atom is -0.466 e. The summed E-state index contributed by atoms with van der Waals surface area (Å²) in [6.07, 6.45) is 3.92. The first-order chi connectivity index (χ1) is 10.1. The molecule has 2 aromatic rings. The van der Waals surface area contributed by atoms with Gasteiger partial charge in [0.25, 0.3) is 0 Å². The van der Waals surface area contributed by atoms with Crippen LogP contribution in [0.2, 0.25) is 0 Å². The van der Waals surface area contributed by atoms with Crippen molar-refractivity contribution in [3.63, 3.8) is 0 Å². The number of hydrogen-bond acceptors (Lipinski definition) is 2. The van der Waals surface area contributed by atoms with Gasteiger partial charge in [0.15, 0.2) is 0 Å². The molecule has 0 spiro atoms. The molecule has 21 heavy (non-hydrogen) atoms. The molecule has 3 rings (SSSR count). The van der Waals surface area contributed by atoms with Crippen molar-refractivity contribution in [2.75, 3.05) is 0 Å². The van der Waals surface area contributed by atoms with E-state index in [1.807, 2.05) is 20.8 Å². The van der Waals surface area contributed by atoms with E-state index in [2.05, 4.69) is 24.3 Å². The van der Waals surface area contributed by atoms with E-state index in [4.69, 9.17) is 4.42 Å². The molecule has 2 nitrogen and oxygen atoms in total. The molecule has 1 aromatic carbocycles. The maximum atomic E-state index is 10.7. The summed E-state index contributed by atoms with van der Waals surface area (Å²) in [7, 11) is 0. The lowest BCUT2D eigenvalue weighted by atomic mass is 9.79. The summed E-state index contributed by atoms with van der Waals surface area (Å²) in [6.45, 7) is 5.96. The summed E-state index contributed by atoms with van der Waals surface area (Å²) in [6, 6.07) is 8.69.